The highest BCUT2D eigenvalue weighted by atomic mass is 35.5. The van der Waals surface area contributed by atoms with Crippen LogP contribution in [0.2, 0.25) is 0 Å². The predicted octanol–water partition coefficient (Wildman–Crippen LogP) is 4.04. The first kappa shape index (κ1) is 17.0. The van der Waals surface area contributed by atoms with Crippen LogP contribution in [0.5, 0.6) is 0 Å². The first-order chi connectivity index (χ1) is 9.15. The van der Waals surface area contributed by atoms with Crippen LogP contribution in [0.4, 0.5) is 5.69 Å². The Morgan fingerprint density at radius 2 is 1.90 bits per heavy atom. The quantitative estimate of drug-likeness (QED) is 0.861. The Hall–Kier alpha value is -1.06. The van der Waals surface area contributed by atoms with Crippen molar-refractivity contribution in [3.05, 3.63) is 29.8 Å². The van der Waals surface area contributed by atoms with E-state index in [0.717, 1.165) is 23.6 Å². The first-order valence-electron chi connectivity index (χ1n) is 7.30. The molecule has 0 aliphatic heterocycles. The van der Waals surface area contributed by atoms with Gasteiger partial charge in [0.2, 0.25) is 5.91 Å². The van der Waals surface area contributed by atoms with Gasteiger partial charge in [0.05, 0.1) is 0 Å². The molecule has 1 saturated carbocycles. The standard InChI is InChI=1S/C16H24N2O.ClH/c1-12(17)14-7-9-15(10-8-14)18-16(19)11-6-13-4-2-3-5-13;/h7-10,12-13H,2-6,11,17H2,1H3,(H,18,19);1H. The molecule has 1 aliphatic carbocycles. The molecular weight excluding hydrogens is 272 g/mol. The third-order valence-corrected chi connectivity index (χ3v) is 3.97. The van der Waals surface area contributed by atoms with E-state index >= 15 is 0 Å². The molecule has 4 heteroatoms. The van der Waals surface area contributed by atoms with Crippen LogP contribution in [0.1, 0.15) is 57.1 Å². The number of hydrogen-bond acceptors (Lipinski definition) is 2. The van der Waals surface area contributed by atoms with Gasteiger partial charge >= 0.3 is 0 Å². The number of rotatable bonds is 5. The lowest BCUT2D eigenvalue weighted by Crippen LogP contribution is -2.13. The molecule has 20 heavy (non-hydrogen) atoms. The van der Waals surface area contributed by atoms with Crippen LogP contribution in [0, 0.1) is 5.92 Å². The molecule has 1 atom stereocenters. The molecule has 0 radical (unpaired) electrons. The number of carbonyl (C=O) groups excluding carboxylic acids is 1. The van der Waals surface area contributed by atoms with Crippen LogP contribution in [-0.2, 0) is 4.79 Å². The molecule has 1 aromatic rings. The Balaban J connectivity index is 0.00000200. The van der Waals surface area contributed by atoms with Gasteiger partial charge in [0, 0.05) is 18.2 Å². The van der Waals surface area contributed by atoms with E-state index in [1.807, 2.05) is 31.2 Å². The number of halogens is 1. The zero-order valence-corrected chi connectivity index (χ0v) is 12.9. The normalized spacial score (nSPS) is 16.5. The Morgan fingerprint density at radius 3 is 2.45 bits per heavy atom. The van der Waals surface area contributed by atoms with E-state index in [2.05, 4.69) is 5.32 Å². The minimum Gasteiger partial charge on any atom is -0.326 e. The van der Waals surface area contributed by atoms with E-state index in [1.54, 1.807) is 0 Å². The van der Waals surface area contributed by atoms with Gasteiger partial charge in [-0.15, -0.1) is 12.4 Å². The molecule has 0 bridgehead atoms. The zero-order chi connectivity index (χ0) is 13.7. The molecule has 1 unspecified atom stereocenters. The lowest BCUT2D eigenvalue weighted by molar-refractivity contribution is -0.116. The predicted molar refractivity (Wildman–Crippen MR) is 86.1 cm³/mol. The van der Waals surface area contributed by atoms with Gasteiger partial charge in [0.1, 0.15) is 0 Å². The highest BCUT2D eigenvalue weighted by Crippen LogP contribution is 2.28. The lowest BCUT2D eigenvalue weighted by atomic mass is 10.0. The summed E-state index contributed by atoms with van der Waals surface area (Å²) in [5.41, 5.74) is 7.74. The number of nitrogens with two attached hydrogens (primary N) is 1. The summed E-state index contributed by atoms with van der Waals surface area (Å²) in [6.07, 6.45) is 6.95. The fraction of sp³-hybridized carbons (Fsp3) is 0.562. The summed E-state index contributed by atoms with van der Waals surface area (Å²) in [6.45, 7) is 1.95. The number of nitrogens with one attached hydrogen (secondary N) is 1. The van der Waals surface area contributed by atoms with Crippen molar-refractivity contribution in [1.29, 1.82) is 0 Å². The molecule has 0 saturated heterocycles. The second-order valence-corrected chi connectivity index (χ2v) is 5.65. The van der Waals surface area contributed by atoms with Crippen molar-refractivity contribution >= 4 is 24.0 Å². The maximum atomic E-state index is 11.9. The number of benzene rings is 1. The molecular formula is C16H25ClN2O. The molecule has 1 fully saturated rings. The molecule has 2 rings (SSSR count). The summed E-state index contributed by atoms with van der Waals surface area (Å²) >= 11 is 0. The molecule has 3 N–H and O–H groups in total. The second-order valence-electron chi connectivity index (χ2n) is 5.65. The third-order valence-electron chi connectivity index (χ3n) is 3.97. The van der Waals surface area contributed by atoms with Gasteiger partial charge in [-0.2, -0.15) is 0 Å². The van der Waals surface area contributed by atoms with Crippen molar-refractivity contribution < 1.29 is 4.79 Å². The van der Waals surface area contributed by atoms with E-state index in [-0.39, 0.29) is 24.4 Å². The van der Waals surface area contributed by atoms with Crippen molar-refractivity contribution in [1.82, 2.24) is 0 Å². The van der Waals surface area contributed by atoms with Crippen molar-refractivity contribution in [2.24, 2.45) is 11.7 Å². The number of anilines is 1. The van der Waals surface area contributed by atoms with Crippen LogP contribution < -0.4 is 11.1 Å². The fourth-order valence-corrected chi connectivity index (χ4v) is 2.73. The highest BCUT2D eigenvalue weighted by molar-refractivity contribution is 5.90. The molecule has 0 heterocycles. The van der Waals surface area contributed by atoms with Crippen LogP contribution in [-0.4, -0.2) is 5.91 Å². The monoisotopic (exact) mass is 296 g/mol. The van der Waals surface area contributed by atoms with Gasteiger partial charge < -0.3 is 11.1 Å². The third kappa shape index (κ3) is 5.14. The highest BCUT2D eigenvalue weighted by Gasteiger charge is 2.16. The number of hydrogen-bond donors (Lipinski definition) is 2. The molecule has 1 aliphatic rings. The van der Waals surface area contributed by atoms with E-state index < -0.39 is 0 Å². The van der Waals surface area contributed by atoms with Gasteiger partial charge in [-0.1, -0.05) is 37.8 Å². The largest absolute Gasteiger partial charge is 0.326 e. The topological polar surface area (TPSA) is 55.1 Å². The molecule has 3 nitrogen and oxygen atoms in total. The average Bonchev–Trinajstić information content (AvgIpc) is 2.90. The van der Waals surface area contributed by atoms with Crippen molar-refractivity contribution in [2.45, 2.75) is 51.5 Å². The minimum absolute atomic E-state index is 0. The van der Waals surface area contributed by atoms with Crippen LogP contribution in [0.15, 0.2) is 24.3 Å². The molecule has 0 aromatic heterocycles. The Labute approximate surface area is 127 Å². The fourth-order valence-electron chi connectivity index (χ4n) is 2.73. The summed E-state index contributed by atoms with van der Waals surface area (Å²) in [7, 11) is 0. The summed E-state index contributed by atoms with van der Waals surface area (Å²) in [6, 6.07) is 7.82. The van der Waals surface area contributed by atoms with Crippen LogP contribution >= 0.6 is 12.4 Å². The molecule has 112 valence electrons. The summed E-state index contributed by atoms with van der Waals surface area (Å²) in [5.74, 6) is 0.895. The number of amides is 1. The average molecular weight is 297 g/mol. The van der Waals surface area contributed by atoms with Crippen LogP contribution in [0.25, 0.3) is 0 Å². The van der Waals surface area contributed by atoms with Crippen molar-refractivity contribution in [3.63, 3.8) is 0 Å². The Bertz CT molecular complexity index is 411. The molecule has 1 amide bonds. The summed E-state index contributed by atoms with van der Waals surface area (Å²) in [4.78, 5) is 11.9. The maximum Gasteiger partial charge on any atom is 0.224 e. The molecule has 1 aromatic carbocycles. The molecule has 0 spiro atoms. The van der Waals surface area contributed by atoms with Crippen molar-refractivity contribution in [2.75, 3.05) is 5.32 Å². The van der Waals surface area contributed by atoms with Gasteiger partial charge in [0.25, 0.3) is 0 Å². The van der Waals surface area contributed by atoms with E-state index in [1.165, 1.54) is 25.7 Å². The smallest absolute Gasteiger partial charge is 0.224 e. The zero-order valence-electron chi connectivity index (χ0n) is 12.1. The van der Waals surface area contributed by atoms with E-state index in [0.29, 0.717) is 6.42 Å². The van der Waals surface area contributed by atoms with Gasteiger partial charge in [0.15, 0.2) is 0 Å². The maximum absolute atomic E-state index is 11.9. The van der Waals surface area contributed by atoms with Gasteiger partial charge in [-0.05, 0) is 37.0 Å². The second kappa shape index (κ2) is 8.28. The Morgan fingerprint density at radius 1 is 1.30 bits per heavy atom. The van der Waals surface area contributed by atoms with Crippen LogP contribution in [0.3, 0.4) is 0 Å². The lowest BCUT2D eigenvalue weighted by Gasteiger charge is -2.10. The SMILES string of the molecule is CC(N)c1ccc(NC(=O)CCC2CCCC2)cc1.Cl. The first-order valence-corrected chi connectivity index (χ1v) is 7.30. The van der Waals surface area contributed by atoms with E-state index in [4.69, 9.17) is 5.73 Å². The van der Waals surface area contributed by atoms with Crippen molar-refractivity contribution in [3.8, 4) is 0 Å². The van der Waals surface area contributed by atoms with Gasteiger partial charge in [-0.3, -0.25) is 4.79 Å². The number of carbonyl (C=O) groups is 1. The summed E-state index contributed by atoms with van der Waals surface area (Å²) < 4.78 is 0. The Kier molecular flexibility index (Phi) is 7.03. The van der Waals surface area contributed by atoms with Gasteiger partial charge in [-0.25, -0.2) is 0 Å². The minimum atomic E-state index is 0. The van der Waals surface area contributed by atoms with E-state index in [9.17, 15) is 4.79 Å². The summed E-state index contributed by atoms with van der Waals surface area (Å²) in [5, 5.41) is 2.95.